The normalized spacial score (nSPS) is 14.7. The quantitative estimate of drug-likeness (QED) is 0.812. The Labute approximate surface area is 142 Å². The highest BCUT2D eigenvalue weighted by atomic mass is 32.2. The van der Waals surface area contributed by atoms with Gasteiger partial charge in [0.2, 0.25) is 0 Å². The van der Waals surface area contributed by atoms with Crippen molar-refractivity contribution >= 4 is 23.7 Å². The fourth-order valence-electron chi connectivity index (χ4n) is 2.46. The maximum atomic E-state index is 12.4. The molecule has 1 aromatic carbocycles. The Kier molecular flexibility index (Phi) is 7.26. The van der Waals surface area contributed by atoms with Crippen LogP contribution in [0.3, 0.4) is 0 Å². The summed E-state index contributed by atoms with van der Waals surface area (Å²) < 4.78 is 0. The molecule has 1 heterocycles. The van der Waals surface area contributed by atoms with Gasteiger partial charge in [-0.05, 0) is 24.3 Å². The van der Waals surface area contributed by atoms with Crippen LogP contribution in [0.1, 0.15) is 23.7 Å². The lowest BCUT2D eigenvalue weighted by molar-refractivity contribution is 0.0665. The number of hydrogen-bond acceptors (Lipinski definition) is 3. The number of piperazine rings is 1. The van der Waals surface area contributed by atoms with Gasteiger partial charge in [-0.15, -0.1) is 0 Å². The summed E-state index contributed by atoms with van der Waals surface area (Å²) in [4.78, 5) is 28.0. The van der Waals surface area contributed by atoms with Gasteiger partial charge in [-0.25, -0.2) is 4.79 Å². The number of amides is 3. The summed E-state index contributed by atoms with van der Waals surface area (Å²) >= 11 is 1.86. The number of benzene rings is 1. The number of urea groups is 1. The van der Waals surface area contributed by atoms with E-state index < -0.39 is 0 Å². The van der Waals surface area contributed by atoms with E-state index in [1.807, 2.05) is 47.0 Å². The van der Waals surface area contributed by atoms with Crippen molar-refractivity contribution in [2.75, 3.05) is 44.2 Å². The van der Waals surface area contributed by atoms with Gasteiger partial charge in [-0.1, -0.05) is 25.1 Å². The van der Waals surface area contributed by atoms with Crippen LogP contribution in [0.4, 0.5) is 4.79 Å². The minimum atomic E-state index is -0.0195. The summed E-state index contributed by atoms with van der Waals surface area (Å²) in [6.45, 7) is 5.21. The van der Waals surface area contributed by atoms with Crippen molar-refractivity contribution in [1.29, 1.82) is 0 Å². The Morgan fingerprint density at radius 1 is 1.04 bits per heavy atom. The lowest BCUT2D eigenvalue weighted by Gasteiger charge is -2.34. The van der Waals surface area contributed by atoms with Gasteiger partial charge in [0.15, 0.2) is 0 Å². The van der Waals surface area contributed by atoms with Crippen LogP contribution in [-0.2, 0) is 0 Å². The third-order valence-corrected chi connectivity index (χ3v) is 4.94. The summed E-state index contributed by atoms with van der Waals surface area (Å²) in [6, 6.07) is 9.28. The van der Waals surface area contributed by atoms with Gasteiger partial charge in [0.1, 0.15) is 0 Å². The predicted octanol–water partition coefficient (Wildman–Crippen LogP) is 2.30. The second-order valence-electron chi connectivity index (χ2n) is 5.49. The topological polar surface area (TPSA) is 52.7 Å². The Morgan fingerprint density at radius 3 is 2.35 bits per heavy atom. The van der Waals surface area contributed by atoms with E-state index in [1.54, 1.807) is 4.90 Å². The molecule has 0 atom stereocenters. The highest BCUT2D eigenvalue weighted by Crippen LogP contribution is 2.09. The van der Waals surface area contributed by atoms with E-state index >= 15 is 0 Å². The third-order valence-electron chi connectivity index (χ3n) is 3.75. The van der Waals surface area contributed by atoms with Gasteiger partial charge >= 0.3 is 6.03 Å². The SMILES string of the molecule is CCCSCCNC(=O)N1CCN(C(=O)c2ccccc2)CC1. The molecule has 126 valence electrons. The number of rotatable bonds is 6. The van der Waals surface area contributed by atoms with Crippen molar-refractivity contribution in [2.45, 2.75) is 13.3 Å². The summed E-state index contributed by atoms with van der Waals surface area (Å²) in [6.07, 6.45) is 1.16. The Hall–Kier alpha value is -1.69. The van der Waals surface area contributed by atoms with Crippen LogP contribution in [0.25, 0.3) is 0 Å². The smallest absolute Gasteiger partial charge is 0.317 e. The van der Waals surface area contributed by atoms with Crippen LogP contribution in [0.2, 0.25) is 0 Å². The highest BCUT2D eigenvalue weighted by Gasteiger charge is 2.24. The molecule has 0 aromatic heterocycles. The molecule has 5 nitrogen and oxygen atoms in total. The first-order chi connectivity index (χ1) is 11.2. The average Bonchev–Trinajstić information content (AvgIpc) is 2.61. The van der Waals surface area contributed by atoms with Crippen LogP contribution in [0.15, 0.2) is 30.3 Å². The van der Waals surface area contributed by atoms with Crippen molar-refractivity contribution in [3.63, 3.8) is 0 Å². The summed E-state index contributed by atoms with van der Waals surface area (Å²) in [5.74, 6) is 2.13. The van der Waals surface area contributed by atoms with Gasteiger partial charge in [0.25, 0.3) is 5.91 Å². The summed E-state index contributed by atoms with van der Waals surface area (Å²) in [5, 5.41) is 2.95. The minimum Gasteiger partial charge on any atom is -0.337 e. The average molecular weight is 335 g/mol. The number of carbonyl (C=O) groups is 2. The maximum absolute atomic E-state index is 12.4. The molecule has 1 aliphatic rings. The maximum Gasteiger partial charge on any atom is 0.317 e. The number of nitrogens with one attached hydrogen (secondary N) is 1. The zero-order valence-electron chi connectivity index (χ0n) is 13.7. The van der Waals surface area contributed by atoms with Crippen LogP contribution >= 0.6 is 11.8 Å². The molecule has 3 amide bonds. The van der Waals surface area contributed by atoms with E-state index in [2.05, 4.69) is 12.2 Å². The molecule has 23 heavy (non-hydrogen) atoms. The Balaban J connectivity index is 1.71. The lowest BCUT2D eigenvalue weighted by Crippen LogP contribution is -2.53. The number of thioether (sulfide) groups is 1. The molecule has 0 bridgehead atoms. The monoisotopic (exact) mass is 335 g/mol. The molecule has 0 spiro atoms. The molecular formula is C17H25N3O2S. The first kappa shape index (κ1) is 17.7. The molecule has 1 aromatic rings. The van der Waals surface area contributed by atoms with E-state index in [0.29, 0.717) is 38.3 Å². The van der Waals surface area contributed by atoms with E-state index in [4.69, 9.17) is 0 Å². The van der Waals surface area contributed by atoms with E-state index in [9.17, 15) is 9.59 Å². The second-order valence-corrected chi connectivity index (χ2v) is 6.71. The molecule has 0 saturated carbocycles. The number of carbonyl (C=O) groups excluding carboxylic acids is 2. The van der Waals surface area contributed by atoms with Crippen LogP contribution in [0.5, 0.6) is 0 Å². The van der Waals surface area contributed by atoms with Crippen molar-refractivity contribution < 1.29 is 9.59 Å². The van der Waals surface area contributed by atoms with Gasteiger partial charge in [0, 0.05) is 44.0 Å². The van der Waals surface area contributed by atoms with E-state index in [-0.39, 0.29) is 11.9 Å². The van der Waals surface area contributed by atoms with Gasteiger partial charge < -0.3 is 15.1 Å². The minimum absolute atomic E-state index is 0.0195. The zero-order chi connectivity index (χ0) is 16.5. The highest BCUT2D eigenvalue weighted by molar-refractivity contribution is 7.99. The predicted molar refractivity (Wildman–Crippen MR) is 94.9 cm³/mol. The van der Waals surface area contributed by atoms with Gasteiger partial charge in [-0.2, -0.15) is 11.8 Å². The molecule has 0 aliphatic carbocycles. The molecule has 1 saturated heterocycles. The number of hydrogen-bond donors (Lipinski definition) is 1. The molecule has 0 unspecified atom stereocenters. The molecule has 2 rings (SSSR count). The van der Waals surface area contributed by atoms with E-state index in [1.165, 1.54) is 0 Å². The largest absolute Gasteiger partial charge is 0.337 e. The fraction of sp³-hybridized carbons (Fsp3) is 0.529. The molecule has 1 N–H and O–H groups in total. The first-order valence-electron chi connectivity index (χ1n) is 8.17. The third kappa shape index (κ3) is 5.46. The Bertz CT molecular complexity index is 502. The Morgan fingerprint density at radius 2 is 1.70 bits per heavy atom. The van der Waals surface area contributed by atoms with Gasteiger partial charge in [0.05, 0.1) is 0 Å². The van der Waals surface area contributed by atoms with Crippen molar-refractivity contribution in [1.82, 2.24) is 15.1 Å². The molecule has 0 radical (unpaired) electrons. The molecule has 6 heteroatoms. The molecular weight excluding hydrogens is 310 g/mol. The van der Waals surface area contributed by atoms with Gasteiger partial charge in [-0.3, -0.25) is 4.79 Å². The van der Waals surface area contributed by atoms with Crippen LogP contribution in [-0.4, -0.2) is 66.0 Å². The molecule has 1 fully saturated rings. The van der Waals surface area contributed by atoms with Crippen molar-refractivity contribution in [3.8, 4) is 0 Å². The summed E-state index contributed by atoms with van der Waals surface area (Å²) in [5.41, 5.74) is 0.707. The molecule has 1 aliphatic heterocycles. The fourth-order valence-corrected chi connectivity index (χ4v) is 3.20. The lowest BCUT2D eigenvalue weighted by atomic mass is 10.2. The second kappa shape index (κ2) is 9.45. The summed E-state index contributed by atoms with van der Waals surface area (Å²) in [7, 11) is 0. The zero-order valence-corrected chi connectivity index (χ0v) is 14.5. The standard InChI is InChI=1S/C17H25N3O2S/c1-2-13-23-14-8-18-17(22)20-11-9-19(10-12-20)16(21)15-6-4-3-5-7-15/h3-7H,2,8-14H2,1H3,(H,18,22). The van der Waals surface area contributed by atoms with Crippen molar-refractivity contribution in [2.24, 2.45) is 0 Å². The van der Waals surface area contributed by atoms with Crippen LogP contribution < -0.4 is 5.32 Å². The van der Waals surface area contributed by atoms with Crippen molar-refractivity contribution in [3.05, 3.63) is 35.9 Å². The first-order valence-corrected chi connectivity index (χ1v) is 9.32. The van der Waals surface area contributed by atoms with E-state index in [0.717, 1.165) is 17.9 Å². The van der Waals surface area contributed by atoms with Crippen LogP contribution in [0, 0.1) is 0 Å². The number of nitrogens with zero attached hydrogens (tertiary/aromatic N) is 2.